The second-order valence-corrected chi connectivity index (χ2v) is 4.98. The fraction of sp³-hybridized carbons (Fsp3) is 0.0526. The fourth-order valence-electron chi connectivity index (χ4n) is 2.32. The van der Waals surface area contributed by atoms with Crippen molar-refractivity contribution in [3.05, 3.63) is 78.0 Å². The predicted molar refractivity (Wildman–Crippen MR) is 85.2 cm³/mol. The Morgan fingerprint density at radius 3 is 2.19 bits per heavy atom. The summed E-state index contributed by atoms with van der Waals surface area (Å²) >= 11 is 0. The number of aryl methyl sites for hydroxylation is 1. The van der Waals surface area contributed by atoms with Gasteiger partial charge in [0.15, 0.2) is 6.29 Å². The molecule has 0 saturated heterocycles. The second-order valence-electron chi connectivity index (χ2n) is 4.98. The average Bonchev–Trinajstić information content (AvgIpc) is 2.56. The monoisotopic (exact) mass is 273 g/mol. The van der Waals surface area contributed by atoms with E-state index in [0.717, 1.165) is 28.7 Å². The van der Waals surface area contributed by atoms with E-state index in [9.17, 15) is 4.79 Å². The molecule has 1 aromatic heterocycles. The van der Waals surface area contributed by atoms with Gasteiger partial charge in [0, 0.05) is 11.1 Å². The lowest BCUT2D eigenvalue weighted by Crippen LogP contribution is -1.94. The van der Waals surface area contributed by atoms with Crippen LogP contribution in [-0.4, -0.2) is 11.3 Å². The Morgan fingerprint density at radius 1 is 0.810 bits per heavy atom. The van der Waals surface area contributed by atoms with Crippen molar-refractivity contribution in [2.45, 2.75) is 6.92 Å². The van der Waals surface area contributed by atoms with Gasteiger partial charge in [0.1, 0.15) is 5.69 Å². The number of benzene rings is 2. The number of carbonyl (C=O) groups is 1. The van der Waals surface area contributed by atoms with Crippen molar-refractivity contribution in [3.8, 4) is 22.4 Å². The largest absolute Gasteiger partial charge is 0.296 e. The van der Waals surface area contributed by atoms with E-state index in [1.807, 2.05) is 36.4 Å². The topological polar surface area (TPSA) is 30.0 Å². The van der Waals surface area contributed by atoms with E-state index < -0.39 is 0 Å². The van der Waals surface area contributed by atoms with Gasteiger partial charge in [0.05, 0.1) is 5.69 Å². The summed E-state index contributed by atoms with van der Waals surface area (Å²) in [5.41, 5.74) is 5.65. The zero-order chi connectivity index (χ0) is 14.7. The second kappa shape index (κ2) is 5.71. The Morgan fingerprint density at radius 2 is 1.52 bits per heavy atom. The first-order valence-electron chi connectivity index (χ1n) is 6.86. The third-order valence-electron chi connectivity index (χ3n) is 3.45. The molecule has 0 fully saturated rings. The number of hydrogen-bond donors (Lipinski definition) is 0. The molecule has 2 nitrogen and oxygen atoms in total. The van der Waals surface area contributed by atoms with E-state index in [1.165, 1.54) is 5.56 Å². The number of aldehydes is 1. The minimum Gasteiger partial charge on any atom is -0.296 e. The van der Waals surface area contributed by atoms with E-state index in [1.54, 1.807) is 6.07 Å². The van der Waals surface area contributed by atoms with Gasteiger partial charge in [-0.25, -0.2) is 4.98 Å². The molecule has 1 heterocycles. The van der Waals surface area contributed by atoms with E-state index in [-0.39, 0.29) is 0 Å². The van der Waals surface area contributed by atoms with Gasteiger partial charge in [-0.3, -0.25) is 4.79 Å². The molecular weight excluding hydrogens is 258 g/mol. The van der Waals surface area contributed by atoms with Crippen molar-refractivity contribution in [2.24, 2.45) is 0 Å². The van der Waals surface area contributed by atoms with Gasteiger partial charge in [0.2, 0.25) is 0 Å². The quantitative estimate of drug-likeness (QED) is 0.656. The van der Waals surface area contributed by atoms with Crippen molar-refractivity contribution < 1.29 is 4.79 Å². The van der Waals surface area contributed by atoms with Crippen LogP contribution in [0.4, 0.5) is 0 Å². The van der Waals surface area contributed by atoms with Crippen LogP contribution < -0.4 is 0 Å². The minimum absolute atomic E-state index is 0.449. The number of pyridine rings is 1. The first kappa shape index (κ1) is 13.3. The average molecular weight is 273 g/mol. The maximum atomic E-state index is 11.0. The Hall–Kier alpha value is -2.74. The van der Waals surface area contributed by atoms with Gasteiger partial charge in [0.25, 0.3) is 0 Å². The van der Waals surface area contributed by atoms with Crippen LogP contribution >= 0.6 is 0 Å². The lowest BCUT2D eigenvalue weighted by molar-refractivity contribution is 0.111. The number of nitrogens with zero attached hydrogens (tertiary/aromatic N) is 1. The van der Waals surface area contributed by atoms with E-state index in [4.69, 9.17) is 0 Å². The predicted octanol–water partition coefficient (Wildman–Crippen LogP) is 4.54. The molecule has 3 rings (SSSR count). The summed E-state index contributed by atoms with van der Waals surface area (Å²) in [6.45, 7) is 2.07. The van der Waals surface area contributed by atoms with Crippen molar-refractivity contribution in [2.75, 3.05) is 0 Å². The van der Waals surface area contributed by atoms with Crippen LogP contribution in [0.2, 0.25) is 0 Å². The maximum Gasteiger partial charge on any atom is 0.168 e. The highest BCUT2D eigenvalue weighted by Crippen LogP contribution is 2.30. The van der Waals surface area contributed by atoms with Gasteiger partial charge in [-0.05, 0) is 24.6 Å². The number of aromatic nitrogens is 1. The number of carbonyl (C=O) groups excluding carboxylic acids is 1. The Balaban J connectivity index is 2.20. The van der Waals surface area contributed by atoms with Gasteiger partial charge < -0.3 is 0 Å². The van der Waals surface area contributed by atoms with E-state index in [2.05, 4.69) is 36.2 Å². The minimum atomic E-state index is 0.449. The van der Waals surface area contributed by atoms with Crippen LogP contribution in [0, 0.1) is 6.92 Å². The molecule has 0 atom stereocenters. The Labute approximate surface area is 124 Å². The highest BCUT2D eigenvalue weighted by molar-refractivity contribution is 5.84. The summed E-state index contributed by atoms with van der Waals surface area (Å²) in [5, 5.41) is 0. The normalized spacial score (nSPS) is 10.3. The van der Waals surface area contributed by atoms with Gasteiger partial charge in [-0.1, -0.05) is 60.2 Å². The molecule has 21 heavy (non-hydrogen) atoms. The summed E-state index contributed by atoms with van der Waals surface area (Å²) in [7, 11) is 0. The number of rotatable bonds is 3. The van der Waals surface area contributed by atoms with E-state index in [0.29, 0.717) is 5.69 Å². The highest BCUT2D eigenvalue weighted by Gasteiger charge is 2.10. The molecule has 0 radical (unpaired) electrons. The van der Waals surface area contributed by atoms with Gasteiger partial charge in [-0.15, -0.1) is 0 Å². The molecule has 0 amide bonds. The lowest BCUT2D eigenvalue weighted by atomic mass is 9.98. The molecule has 3 aromatic rings. The Kier molecular flexibility index (Phi) is 3.61. The van der Waals surface area contributed by atoms with Crippen LogP contribution in [-0.2, 0) is 0 Å². The van der Waals surface area contributed by atoms with E-state index >= 15 is 0 Å². The van der Waals surface area contributed by atoms with Crippen molar-refractivity contribution >= 4 is 6.29 Å². The molecule has 0 saturated carbocycles. The van der Waals surface area contributed by atoms with Crippen LogP contribution in [0.15, 0.2) is 66.7 Å². The summed E-state index contributed by atoms with van der Waals surface area (Å²) in [6.07, 6.45) is 0.783. The summed E-state index contributed by atoms with van der Waals surface area (Å²) < 4.78 is 0. The molecule has 0 aliphatic carbocycles. The van der Waals surface area contributed by atoms with Crippen LogP contribution in [0.25, 0.3) is 22.4 Å². The first-order valence-corrected chi connectivity index (χ1v) is 6.86. The molecule has 0 unspecified atom stereocenters. The smallest absolute Gasteiger partial charge is 0.168 e. The van der Waals surface area contributed by atoms with Crippen LogP contribution in [0.5, 0.6) is 0 Å². The standard InChI is InChI=1S/C19H15NO/c1-14-7-9-15(10-8-14)18-12-11-17(13-21)20-19(18)16-5-3-2-4-6-16/h2-13H,1H3. The third kappa shape index (κ3) is 2.75. The summed E-state index contributed by atoms with van der Waals surface area (Å²) in [5.74, 6) is 0. The zero-order valence-corrected chi connectivity index (χ0v) is 11.8. The molecule has 0 spiro atoms. The molecule has 0 bridgehead atoms. The first-order chi connectivity index (χ1) is 10.3. The van der Waals surface area contributed by atoms with Crippen molar-refractivity contribution in [1.82, 2.24) is 4.98 Å². The molecule has 0 N–H and O–H groups in total. The SMILES string of the molecule is Cc1ccc(-c2ccc(C=O)nc2-c2ccccc2)cc1. The summed E-state index contributed by atoms with van der Waals surface area (Å²) in [4.78, 5) is 15.5. The fourth-order valence-corrected chi connectivity index (χ4v) is 2.32. The highest BCUT2D eigenvalue weighted by atomic mass is 16.1. The summed E-state index contributed by atoms with van der Waals surface area (Å²) in [6, 6.07) is 22.0. The van der Waals surface area contributed by atoms with Crippen molar-refractivity contribution in [3.63, 3.8) is 0 Å². The van der Waals surface area contributed by atoms with Crippen molar-refractivity contribution in [1.29, 1.82) is 0 Å². The molecule has 2 heteroatoms. The maximum absolute atomic E-state index is 11.0. The van der Waals surface area contributed by atoms with Gasteiger partial charge >= 0.3 is 0 Å². The third-order valence-corrected chi connectivity index (χ3v) is 3.45. The molecule has 2 aromatic carbocycles. The van der Waals surface area contributed by atoms with Crippen LogP contribution in [0.3, 0.4) is 0 Å². The zero-order valence-electron chi connectivity index (χ0n) is 11.8. The van der Waals surface area contributed by atoms with Gasteiger partial charge in [-0.2, -0.15) is 0 Å². The molecular formula is C19H15NO. The number of hydrogen-bond acceptors (Lipinski definition) is 2. The molecule has 0 aliphatic heterocycles. The Bertz CT molecular complexity index is 761. The lowest BCUT2D eigenvalue weighted by Gasteiger charge is -2.10. The molecule has 102 valence electrons. The van der Waals surface area contributed by atoms with Crippen LogP contribution in [0.1, 0.15) is 16.1 Å². The molecule has 0 aliphatic rings.